The molecule has 2 heterocycles. The zero-order chi connectivity index (χ0) is 14.7. The van der Waals surface area contributed by atoms with Gasteiger partial charge >= 0.3 is 0 Å². The maximum Gasteiger partial charge on any atom is 0.203 e. The zero-order valence-electron chi connectivity index (χ0n) is 11.2. The molecule has 3 aromatic rings. The number of hydrazone groups is 1. The Morgan fingerprint density at radius 3 is 2.68 bits per heavy atom. The third-order valence-electron chi connectivity index (χ3n) is 2.76. The lowest BCUT2D eigenvalue weighted by Crippen LogP contribution is -1.89. The van der Waals surface area contributed by atoms with Crippen molar-refractivity contribution in [2.75, 3.05) is 5.43 Å². The molecule has 6 heteroatoms. The molecule has 0 radical (unpaired) electrons. The number of anilines is 1. The van der Waals surface area contributed by atoms with E-state index in [4.69, 9.17) is 4.42 Å². The van der Waals surface area contributed by atoms with Gasteiger partial charge in [0.05, 0.1) is 11.9 Å². The largest absolute Gasteiger partial charge is 0.460 e. The van der Waals surface area contributed by atoms with Crippen molar-refractivity contribution < 1.29 is 4.42 Å². The molecule has 0 bridgehead atoms. The van der Waals surface area contributed by atoms with E-state index in [0.717, 1.165) is 26.6 Å². The molecule has 0 fully saturated rings. The molecule has 22 heavy (non-hydrogen) atoms. The van der Waals surface area contributed by atoms with Gasteiger partial charge in [-0.1, -0.05) is 35.5 Å². The molecule has 0 saturated carbocycles. The van der Waals surface area contributed by atoms with Crippen molar-refractivity contribution in [2.24, 2.45) is 5.10 Å². The van der Waals surface area contributed by atoms with Crippen LogP contribution in [-0.2, 0) is 0 Å². The Labute approximate surface area is 142 Å². The van der Waals surface area contributed by atoms with Gasteiger partial charge in [0.15, 0.2) is 0 Å². The highest BCUT2D eigenvalue weighted by atomic mass is 79.9. The molecule has 1 N–H and O–H groups in total. The number of thiazole rings is 1. The smallest absolute Gasteiger partial charge is 0.203 e. The molecule has 0 spiro atoms. The van der Waals surface area contributed by atoms with E-state index in [9.17, 15) is 0 Å². The van der Waals surface area contributed by atoms with Gasteiger partial charge in [0.1, 0.15) is 11.5 Å². The summed E-state index contributed by atoms with van der Waals surface area (Å²) in [7, 11) is 0. The van der Waals surface area contributed by atoms with Crippen LogP contribution in [0.2, 0.25) is 0 Å². The fraction of sp³-hybridized carbons (Fsp3) is 0.125. The molecule has 0 aliphatic rings. The minimum absolute atomic E-state index is 0. The number of halogens is 1. The number of rotatable bonds is 4. The van der Waals surface area contributed by atoms with Crippen LogP contribution in [0.1, 0.15) is 18.9 Å². The third kappa shape index (κ3) is 4.05. The highest BCUT2D eigenvalue weighted by molar-refractivity contribution is 9.10. The van der Waals surface area contributed by atoms with Crippen molar-refractivity contribution in [3.8, 4) is 11.3 Å². The average Bonchev–Trinajstić information content (AvgIpc) is 3.09. The second-order valence-corrected chi connectivity index (χ2v) is 6.14. The first-order valence-corrected chi connectivity index (χ1v) is 7.95. The van der Waals surface area contributed by atoms with Gasteiger partial charge in [0, 0.05) is 15.4 Å². The summed E-state index contributed by atoms with van der Waals surface area (Å²) >= 11 is 4.93. The molecule has 0 amide bonds. The predicted molar refractivity (Wildman–Crippen MR) is 96.6 cm³/mol. The van der Waals surface area contributed by atoms with E-state index in [0.29, 0.717) is 5.76 Å². The number of aromatic nitrogens is 1. The van der Waals surface area contributed by atoms with Crippen molar-refractivity contribution in [2.45, 2.75) is 14.4 Å². The second-order valence-electron chi connectivity index (χ2n) is 4.36. The van der Waals surface area contributed by atoms with Gasteiger partial charge in [-0.25, -0.2) is 4.98 Å². The number of furan rings is 1. The molecule has 0 atom stereocenters. The third-order valence-corrected chi connectivity index (χ3v) is 4.03. The lowest BCUT2D eigenvalue weighted by atomic mass is 10.2. The highest BCUT2D eigenvalue weighted by Crippen LogP contribution is 2.26. The van der Waals surface area contributed by atoms with Crippen LogP contribution in [0.15, 0.2) is 55.8 Å². The Hall–Kier alpha value is -1.92. The molecule has 0 saturated heterocycles. The van der Waals surface area contributed by atoms with E-state index < -0.39 is 0 Å². The summed E-state index contributed by atoms with van der Waals surface area (Å²) in [6, 6.07) is 11.8. The van der Waals surface area contributed by atoms with E-state index in [-0.39, 0.29) is 7.43 Å². The summed E-state index contributed by atoms with van der Waals surface area (Å²) in [5.74, 6) is 1.58. The summed E-state index contributed by atoms with van der Waals surface area (Å²) in [6.45, 7) is 1.90. The van der Waals surface area contributed by atoms with E-state index in [1.54, 1.807) is 6.21 Å². The summed E-state index contributed by atoms with van der Waals surface area (Å²) in [6.07, 6.45) is 1.63. The fourth-order valence-electron chi connectivity index (χ4n) is 1.75. The van der Waals surface area contributed by atoms with Crippen LogP contribution in [0.25, 0.3) is 11.3 Å². The van der Waals surface area contributed by atoms with E-state index in [2.05, 4.69) is 31.4 Å². The standard InChI is InChI=1S/C15H12BrN3OS.CH4/c1-10-2-7-13(20-10)8-17-19-15-18-14(9-21-15)11-3-5-12(16)6-4-11;/h2-9H,1H3,(H,18,19);1H4/b17-8+;. The number of hydrogen-bond donors (Lipinski definition) is 1. The maximum absolute atomic E-state index is 5.40. The lowest BCUT2D eigenvalue weighted by molar-refractivity contribution is 0.528. The summed E-state index contributed by atoms with van der Waals surface area (Å²) in [5.41, 5.74) is 4.92. The second kappa shape index (κ2) is 7.38. The maximum atomic E-state index is 5.40. The molecule has 0 aliphatic heterocycles. The summed E-state index contributed by atoms with van der Waals surface area (Å²) in [4.78, 5) is 4.49. The van der Waals surface area contributed by atoms with Gasteiger partial charge < -0.3 is 4.42 Å². The van der Waals surface area contributed by atoms with E-state index in [1.807, 2.05) is 48.7 Å². The Bertz CT molecular complexity index is 762. The molecule has 0 unspecified atom stereocenters. The molecule has 2 aromatic heterocycles. The van der Waals surface area contributed by atoms with Crippen molar-refractivity contribution in [3.05, 3.63) is 57.8 Å². The Balaban J connectivity index is 0.00000176. The zero-order valence-corrected chi connectivity index (χ0v) is 13.6. The average molecular weight is 378 g/mol. The van der Waals surface area contributed by atoms with Crippen LogP contribution in [0.5, 0.6) is 0 Å². The lowest BCUT2D eigenvalue weighted by Gasteiger charge is -1.96. The monoisotopic (exact) mass is 377 g/mol. The van der Waals surface area contributed by atoms with Crippen molar-refractivity contribution in [1.29, 1.82) is 0 Å². The van der Waals surface area contributed by atoms with Crippen molar-refractivity contribution >= 4 is 38.6 Å². The fourth-order valence-corrected chi connectivity index (χ4v) is 2.69. The molecule has 3 rings (SSSR count). The quantitative estimate of drug-likeness (QED) is 0.478. The van der Waals surface area contributed by atoms with Gasteiger partial charge in [-0.05, 0) is 31.2 Å². The Morgan fingerprint density at radius 1 is 1.23 bits per heavy atom. The van der Waals surface area contributed by atoms with Gasteiger partial charge in [0.2, 0.25) is 5.13 Å². The first-order chi connectivity index (χ1) is 10.2. The molecule has 0 aliphatic carbocycles. The van der Waals surface area contributed by atoms with Gasteiger partial charge in [-0.2, -0.15) is 5.10 Å². The SMILES string of the molecule is C.Cc1ccc(/C=N/Nc2nc(-c3ccc(Br)cc3)cs2)o1. The number of nitrogens with one attached hydrogen (secondary N) is 1. The predicted octanol–water partition coefficient (Wildman–Crippen LogP) is 5.56. The van der Waals surface area contributed by atoms with Crippen LogP contribution in [-0.4, -0.2) is 11.2 Å². The number of nitrogens with zero attached hydrogens (tertiary/aromatic N) is 2. The number of aryl methyl sites for hydroxylation is 1. The van der Waals surface area contributed by atoms with Crippen LogP contribution in [0.4, 0.5) is 5.13 Å². The molecule has 114 valence electrons. The number of benzene rings is 1. The van der Waals surface area contributed by atoms with Crippen molar-refractivity contribution in [3.63, 3.8) is 0 Å². The van der Waals surface area contributed by atoms with Crippen LogP contribution in [0.3, 0.4) is 0 Å². The van der Waals surface area contributed by atoms with Crippen LogP contribution < -0.4 is 5.43 Å². The minimum atomic E-state index is 0. The summed E-state index contributed by atoms with van der Waals surface area (Å²) < 4.78 is 6.45. The Kier molecular flexibility index (Phi) is 5.51. The van der Waals surface area contributed by atoms with Crippen LogP contribution >= 0.6 is 27.3 Å². The van der Waals surface area contributed by atoms with E-state index >= 15 is 0 Å². The van der Waals surface area contributed by atoms with Gasteiger partial charge in [0.25, 0.3) is 0 Å². The highest BCUT2D eigenvalue weighted by Gasteiger charge is 2.03. The van der Waals surface area contributed by atoms with E-state index in [1.165, 1.54) is 11.3 Å². The Morgan fingerprint density at radius 2 is 2.00 bits per heavy atom. The van der Waals surface area contributed by atoms with Gasteiger partial charge in [-0.15, -0.1) is 11.3 Å². The summed E-state index contributed by atoms with van der Waals surface area (Å²) in [5, 5.41) is 6.86. The first kappa shape index (κ1) is 16.5. The first-order valence-electron chi connectivity index (χ1n) is 6.28. The number of hydrogen-bond acceptors (Lipinski definition) is 5. The molecule has 4 nitrogen and oxygen atoms in total. The molecular weight excluding hydrogens is 362 g/mol. The normalized spacial score (nSPS) is 10.6. The molecular formula is C16H16BrN3OS. The minimum Gasteiger partial charge on any atom is -0.460 e. The topological polar surface area (TPSA) is 50.4 Å². The molecule has 1 aromatic carbocycles. The van der Waals surface area contributed by atoms with Gasteiger partial charge in [-0.3, -0.25) is 5.43 Å². The van der Waals surface area contributed by atoms with Crippen molar-refractivity contribution in [1.82, 2.24) is 4.98 Å². The van der Waals surface area contributed by atoms with Crippen LogP contribution in [0, 0.1) is 6.92 Å².